The fourth-order valence-corrected chi connectivity index (χ4v) is 2.79. The van der Waals surface area contributed by atoms with Crippen molar-refractivity contribution in [2.75, 3.05) is 23.7 Å². The summed E-state index contributed by atoms with van der Waals surface area (Å²) in [7, 11) is 0. The van der Waals surface area contributed by atoms with Crippen molar-refractivity contribution in [3.63, 3.8) is 0 Å². The van der Waals surface area contributed by atoms with Crippen molar-refractivity contribution >= 4 is 22.3 Å². The zero-order chi connectivity index (χ0) is 13.5. The predicted octanol–water partition coefficient (Wildman–Crippen LogP) is 3.44. The minimum Gasteiger partial charge on any atom is -0.398 e. The van der Waals surface area contributed by atoms with Crippen LogP contribution in [0.1, 0.15) is 26.7 Å². The van der Waals surface area contributed by atoms with Gasteiger partial charge >= 0.3 is 0 Å². The molecule has 2 N–H and O–H groups in total. The van der Waals surface area contributed by atoms with Crippen molar-refractivity contribution in [1.82, 2.24) is 4.98 Å². The summed E-state index contributed by atoms with van der Waals surface area (Å²) in [4.78, 5) is 6.98. The van der Waals surface area contributed by atoms with E-state index in [-0.39, 0.29) is 0 Å². The van der Waals surface area contributed by atoms with Gasteiger partial charge in [-0.05, 0) is 42.5 Å². The number of nitrogens with zero attached hydrogens (tertiary/aromatic N) is 2. The van der Waals surface area contributed by atoms with Gasteiger partial charge in [0.25, 0.3) is 0 Å². The standard InChI is InChI=1S/C16H21N3/c1-16(2)7-10-19(11-8-16)14-6-5-13(17)12-4-3-9-18-15(12)14/h3-6,9H,7-8,10-11,17H2,1-2H3. The van der Waals surface area contributed by atoms with E-state index in [1.807, 2.05) is 18.3 Å². The maximum absolute atomic E-state index is 6.04. The Hall–Kier alpha value is -1.77. The number of hydrogen-bond donors (Lipinski definition) is 1. The first-order chi connectivity index (χ1) is 9.07. The summed E-state index contributed by atoms with van der Waals surface area (Å²) in [6.45, 7) is 6.90. The highest BCUT2D eigenvalue weighted by molar-refractivity contribution is 5.98. The molecule has 1 aromatic carbocycles. The second-order valence-corrected chi connectivity index (χ2v) is 6.22. The number of fused-ring (bicyclic) bond motifs is 1. The van der Waals surface area contributed by atoms with Crippen LogP contribution in [0.15, 0.2) is 30.5 Å². The number of piperidine rings is 1. The number of aromatic nitrogens is 1. The van der Waals surface area contributed by atoms with Crippen LogP contribution in [0.3, 0.4) is 0 Å². The lowest BCUT2D eigenvalue weighted by molar-refractivity contribution is 0.280. The van der Waals surface area contributed by atoms with Gasteiger partial charge in [0.05, 0.1) is 11.2 Å². The lowest BCUT2D eigenvalue weighted by Crippen LogP contribution is -2.37. The van der Waals surface area contributed by atoms with E-state index in [0.717, 1.165) is 29.7 Å². The first kappa shape index (κ1) is 12.3. The second-order valence-electron chi connectivity index (χ2n) is 6.22. The lowest BCUT2D eigenvalue weighted by atomic mass is 9.82. The van der Waals surface area contributed by atoms with Crippen LogP contribution in [0, 0.1) is 5.41 Å². The van der Waals surface area contributed by atoms with Crippen LogP contribution in [0.4, 0.5) is 11.4 Å². The fourth-order valence-electron chi connectivity index (χ4n) is 2.79. The normalized spacial score (nSPS) is 18.7. The van der Waals surface area contributed by atoms with Crippen molar-refractivity contribution in [1.29, 1.82) is 0 Å². The van der Waals surface area contributed by atoms with Crippen LogP contribution >= 0.6 is 0 Å². The summed E-state index contributed by atoms with van der Waals surface area (Å²) in [6, 6.07) is 8.11. The minimum atomic E-state index is 0.466. The van der Waals surface area contributed by atoms with Crippen LogP contribution in [-0.4, -0.2) is 18.1 Å². The Bertz CT molecular complexity index is 594. The van der Waals surface area contributed by atoms with Gasteiger partial charge in [0.1, 0.15) is 0 Å². The average molecular weight is 255 g/mol. The SMILES string of the molecule is CC1(C)CCN(c2ccc(N)c3cccnc23)CC1. The Morgan fingerprint density at radius 2 is 1.89 bits per heavy atom. The van der Waals surface area contributed by atoms with Crippen LogP contribution in [0.25, 0.3) is 10.9 Å². The third kappa shape index (κ3) is 2.25. The van der Waals surface area contributed by atoms with E-state index in [1.165, 1.54) is 18.5 Å². The van der Waals surface area contributed by atoms with E-state index < -0.39 is 0 Å². The number of pyridine rings is 1. The van der Waals surface area contributed by atoms with E-state index in [0.29, 0.717) is 5.41 Å². The third-order valence-corrected chi connectivity index (χ3v) is 4.24. The molecule has 1 aliphatic heterocycles. The molecular weight excluding hydrogens is 234 g/mol. The lowest BCUT2D eigenvalue weighted by Gasteiger charge is -2.38. The smallest absolute Gasteiger partial charge is 0.0955 e. The highest BCUT2D eigenvalue weighted by atomic mass is 15.1. The monoisotopic (exact) mass is 255 g/mol. The molecule has 0 saturated carbocycles. The molecule has 3 heteroatoms. The van der Waals surface area contributed by atoms with Gasteiger partial charge in [-0.3, -0.25) is 4.98 Å². The third-order valence-electron chi connectivity index (χ3n) is 4.24. The Kier molecular flexibility index (Phi) is 2.85. The summed E-state index contributed by atoms with van der Waals surface area (Å²) in [6.07, 6.45) is 4.30. The van der Waals surface area contributed by atoms with Crippen LogP contribution < -0.4 is 10.6 Å². The van der Waals surface area contributed by atoms with E-state index >= 15 is 0 Å². The number of rotatable bonds is 1. The van der Waals surface area contributed by atoms with Crippen LogP contribution in [-0.2, 0) is 0 Å². The number of anilines is 2. The maximum Gasteiger partial charge on any atom is 0.0955 e. The summed E-state index contributed by atoms with van der Waals surface area (Å²) < 4.78 is 0. The molecule has 3 rings (SSSR count). The highest BCUT2D eigenvalue weighted by Crippen LogP contribution is 2.35. The number of nitrogens with two attached hydrogens (primary N) is 1. The first-order valence-electron chi connectivity index (χ1n) is 6.95. The first-order valence-corrected chi connectivity index (χ1v) is 6.95. The molecule has 0 bridgehead atoms. The average Bonchev–Trinajstić information content (AvgIpc) is 2.40. The molecule has 0 aliphatic carbocycles. The van der Waals surface area contributed by atoms with E-state index in [1.54, 1.807) is 0 Å². The van der Waals surface area contributed by atoms with Crippen LogP contribution in [0.2, 0.25) is 0 Å². The molecule has 1 aliphatic rings. The fraction of sp³-hybridized carbons (Fsp3) is 0.438. The zero-order valence-electron chi connectivity index (χ0n) is 11.7. The molecule has 0 spiro atoms. The van der Waals surface area contributed by atoms with Crippen LogP contribution in [0.5, 0.6) is 0 Å². The molecule has 0 radical (unpaired) electrons. The molecule has 2 aromatic rings. The molecule has 3 nitrogen and oxygen atoms in total. The summed E-state index contributed by atoms with van der Waals surface area (Å²) in [5.41, 5.74) is 9.57. The van der Waals surface area contributed by atoms with Crippen molar-refractivity contribution in [3.05, 3.63) is 30.5 Å². The Morgan fingerprint density at radius 3 is 2.63 bits per heavy atom. The highest BCUT2D eigenvalue weighted by Gasteiger charge is 2.26. The molecule has 0 atom stereocenters. The molecule has 1 aromatic heterocycles. The van der Waals surface area contributed by atoms with Gasteiger partial charge in [0.15, 0.2) is 0 Å². The van der Waals surface area contributed by atoms with Gasteiger partial charge in [-0.25, -0.2) is 0 Å². The molecular formula is C16H21N3. The van der Waals surface area contributed by atoms with Crippen molar-refractivity contribution < 1.29 is 0 Å². The molecule has 1 fully saturated rings. The zero-order valence-corrected chi connectivity index (χ0v) is 11.7. The number of benzene rings is 1. The molecule has 0 unspecified atom stereocenters. The Morgan fingerprint density at radius 1 is 1.16 bits per heavy atom. The van der Waals surface area contributed by atoms with Gasteiger partial charge in [-0.1, -0.05) is 13.8 Å². The van der Waals surface area contributed by atoms with E-state index in [9.17, 15) is 0 Å². The summed E-state index contributed by atoms with van der Waals surface area (Å²) in [5.74, 6) is 0. The van der Waals surface area contributed by atoms with Gasteiger partial charge in [-0.15, -0.1) is 0 Å². The Balaban J connectivity index is 2.00. The van der Waals surface area contributed by atoms with Crippen molar-refractivity contribution in [3.8, 4) is 0 Å². The van der Waals surface area contributed by atoms with E-state index in [4.69, 9.17) is 5.73 Å². The van der Waals surface area contributed by atoms with E-state index in [2.05, 4.69) is 35.9 Å². The van der Waals surface area contributed by atoms with Crippen molar-refractivity contribution in [2.45, 2.75) is 26.7 Å². The molecule has 1 saturated heterocycles. The molecule has 0 amide bonds. The number of hydrogen-bond acceptors (Lipinski definition) is 3. The largest absolute Gasteiger partial charge is 0.398 e. The Labute approximate surface area is 114 Å². The second kappa shape index (κ2) is 4.41. The van der Waals surface area contributed by atoms with Gasteiger partial charge in [-0.2, -0.15) is 0 Å². The number of nitrogen functional groups attached to an aromatic ring is 1. The summed E-state index contributed by atoms with van der Waals surface area (Å²) >= 11 is 0. The van der Waals surface area contributed by atoms with Gasteiger partial charge in [0, 0.05) is 30.4 Å². The van der Waals surface area contributed by atoms with Crippen molar-refractivity contribution in [2.24, 2.45) is 5.41 Å². The predicted molar refractivity (Wildman–Crippen MR) is 81.4 cm³/mol. The molecule has 100 valence electrons. The van der Waals surface area contributed by atoms with Gasteiger partial charge in [0.2, 0.25) is 0 Å². The minimum absolute atomic E-state index is 0.466. The topological polar surface area (TPSA) is 42.1 Å². The molecule has 2 heterocycles. The molecule has 19 heavy (non-hydrogen) atoms. The quantitative estimate of drug-likeness (QED) is 0.794. The summed E-state index contributed by atoms with van der Waals surface area (Å²) in [5, 5.41) is 1.06. The maximum atomic E-state index is 6.04. The van der Waals surface area contributed by atoms with Gasteiger partial charge < -0.3 is 10.6 Å².